The predicted octanol–water partition coefficient (Wildman–Crippen LogP) is 3.90. The minimum atomic E-state index is -2.89. The number of aliphatic carboxylic acids is 1. The van der Waals surface area contributed by atoms with Gasteiger partial charge in [0.25, 0.3) is 5.79 Å². The zero-order valence-corrected chi connectivity index (χ0v) is 47.6. The maximum absolute atomic E-state index is 13.5. The number of ether oxygens (including phenoxy) is 4. The van der Waals surface area contributed by atoms with E-state index < -0.39 is 142 Å². The molecular formula is C57H108N2O19. The lowest BCUT2D eigenvalue weighted by atomic mass is 9.88. The molecule has 0 aliphatic carbocycles. The molecule has 0 spiro atoms. The molecule has 15 unspecified atom stereocenters. The summed E-state index contributed by atoms with van der Waals surface area (Å²) in [4.78, 5) is 38.3. The number of unbranched alkanes of at least 4 members (excludes halogenated alkanes) is 25. The highest BCUT2D eigenvalue weighted by atomic mass is 16.7. The highest BCUT2D eigenvalue weighted by molar-refractivity contribution is 5.80. The first-order valence-corrected chi connectivity index (χ1v) is 30.1. The van der Waals surface area contributed by atoms with Crippen LogP contribution in [-0.4, -0.2) is 197 Å². The highest BCUT2D eigenvalue weighted by Gasteiger charge is 2.57. The molecule has 0 saturated carbocycles. The van der Waals surface area contributed by atoms with Crippen LogP contribution in [0.3, 0.4) is 0 Å². The van der Waals surface area contributed by atoms with Crippen molar-refractivity contribution < 1.29 is 94.6 Å². The Labute approximate surface area is 465 Å². The molecule has 2 aliphatic rings. The van der Waals surface area contributed by atoms with E-state index in [1.807, 2.05) is 0 Å². The molecular weight excluding hydrogens is 1020 g/mol. The van der Waals surface area contributed by atoms with E-state index in [1.54, 1.807) is 0 Å². The summed E-state index contributed by atoms with van der Waals surface area (Å²) in [5, 5.41) is 132. The van der Waals surface area contributed by atoms with Crippen molar-refractivity contribution in [3.63, 3.8) is 0 Å². The van der Waals surface area contributed by atoms with Crippen LogP contribution in [0.2, 0.25) is 0 Å². The van der Waals surface area contributed by atoms with Crippen molar-refractivity contribution in [2.75, 3.05) is 26.4 Å². The molecule has 21 nitrogen and oxygen atoms in total. The van der Waals surface area contributed by atoms with E-state index in [-0.39, 0.29) is 12.8 Å². The monoisotopic (exact) mass is 1120 g/mol. The molecule has 2 saturated heterocycles. The fourth-order valence-electron chi connectivity index (χ4n) is 10.3. The Morgan fingerprint density at radius 3 is 1.56 bits per heavy atom. The number of hydrogen-bond acceptors (Lipinski definition) is 18. The van der Waals surface area contributed by atoms with Gasteiger partial charge in [-0.3, -0.25) is 9.59 Å². The van der Waals surface area contributed by atoms with Crippen LogP contribution in [0, 0.1) is 5.92 Å². The summed E-state index contributed by atoms with van der Waals surface area (Å²) in [6.07, 6.45) is 9.47. The first-order valence-electron chi connectivity index (χ1n) is 30.1. The van der Waals surface area contributed by atoms with Gasteiger partial charge in [-0.05, 0) is 18.8 Å². The molecule has 2 amide bonds. The third-order valence-electron chi connectivity index (χ3n) is 15.4. The van der Waals surface area contributed by atoms with Gasteiger partial charge < -0.3 is 90.9 Å². The number of carbonyl (C=O) groups is 3. The number of aliphatic hydroxyl groups excluding tert-OH is 11. The molecule has 0 aromatic carbocycles. The lowest BCUT2D eigenvalue weighted by Crippen LogP contribution is -2.68. The Morgan fingerprint density at radius 1 is 0.628 bits per heavy atom. The van der Waals surface area contributed by atoms with Crippen molar-refractivity contribution in [3.05, 3.63) is 0 Å². The molecule has 14 N–H and O–H groups in total. The number of rotatable bonds is 47. The number of carboxylic acid groups (broad SMARTS) is 1. The number of amides is 2. The second kappa shape index (κ2) is 41.7. The second-order valence-corrected chi connectivity index (χ2v) is 22.7. The van der Waals surface area contributed by atoms with Crippen LogP contribution in [0.15, 0.2) is 0 Å². The van der Waals surface area contributed by atoms with E-state index in [0.29, 0.717) is 18.8 Å². The van der Waals surface area contributed by atoms with Crippen LogP contribution in [0.25, 0.3) is 0 Å². The van der Waals surface area contributed by atoms with Gasteiger partial charge >= 0.3 is 5.97 Å². The third kappa shape index (κ3) is 27.7. The molecule has 78 heavy (non-hydrogen) atoms. The first-order chi connectivity index (χ1) is 37.3. The summed E-state index contributed by atoms with van der Waals surface area (Å²) < 4.78 is 22.7. The number of aliphatic hydroxyl groups is 11. The van der Waals surface area contributed by atoms with Crippen LogP contribution in [0.5, 0.6) is 0 Å². The maximum Gasteiger partial charge on any atom is 0.364 e. The summed E-state index contributed by atoms with van der Waals surface area (Å²) in [6.45, 7) is 2.95. The fraction of sp³-hybridized carbons (Fsp3) is 0.947. The van der Waals surface area contributed by atoms with Crippen LogP contribution in [0.4, 0.5) is 0 Å². The van der Waals surface area contributed by atoms with Crippen LogP contribution in [-0.2, 0) is 33.3 Å². The van der Waals surface area contributed by atoms with E-state index in [2.05, 4.69) is 31.4 Å². The Hall–Kier alpha value is -2.19. The van der Waals surface area contributed by atoms with Crippen molar-refractivity contribution in [2.24, 2.45) is 5.92 Å². The standard InChI is InChI=1S/C57H108N2O19/c1-4-5-6-7-8-9-10-11-12-13-14-15-16-17-20-24-27-30-33-42(63)54(72)58-40(48(67)41(62)32-29-26-23-21-18-19-22-25-28-31-39(2)3)37-75-55-52(71)51(70)50(69)45(77-55)38-76-57(56(73)74)34-43(64)47(59-46(66)36-61)53(78-57)49(68)44(65)35-60/h39-45,47-53,55,60-65,67-71H,4-38H2,1-3H3,(H,58,72)(H,59,66)(H,73,74). The maximum atomic E-state index is 13.5. The third-order valence-corrected chi connectivity index (χ3v) is 15.4. The highest BCUT2D eigenvalue weighted by Crippen LogP contribution is 2.35. The lowest BCUT2D eigenvalue weighted by Gasteiger charge is -2.47. The predicted molar refractivity (Wildman–Crippen MR) is 292 cm³/mol. The molecule has 460 valence electrons. The van der Waals surface area contributed by atoms with Gasteiger partial charge in [0.05, 0.1) is 44.1 Å². The van der Waals surface area contributed by atoms with Gasteiger partial charge in [0.1, 0.15) is 61.5 Å². The SMILES string of the molecule is CCCCCCCCCCCCCCCCCCCCC(O)C(=O)NC(COC1OC(COC2(C(=O)O)CC(O)C(NC(=O)CO)C(C(O)C(O)CO)O2)C(O)C(O)C1O)C(O)C(O)CCCCCCCCCCCC(C)C. The second-order valence-electron chi connectivity index (χ2n) is 22.7. The lowest BCUT2D eigenvalue weighted by molar-refractivity contribution is -0.339. The summed E-state index contributed by atoms with van der Waals surface area (Å²) in [7, 11) is 0. The molecule has 2 fully saturated rings. The molecule has 0 aromatic rings. The summed E-state index contributed by atoms with van der Waals surface area (Å²) in [5.74, 6) is -5.97. The first kappa shape index (κ1) is 71.9. The average Bonchev–Trinajstić information content (AvgIpc) is 3.49. The molecule has 0 aromatic heterocycles. The van der Waals surface area contributed by atoms with Gasteiger partial charge in [-0.2, -0.15) is 0 Å². The summed E-state index contributed by atoms with van der Waals surface area (Å²) in [5.41, 5.74) is 0. The van der Waals surface area contributed by atoms with Crippen LogP contribution >= 0.6 is 0 Å². The van der Waals surface area contributed by atoms with Gasteiger partial charge in [0.2, 0.25) is 11.8 Å². The normalized spacial score (nSPS) is 26.0. The number of carbonyl (C=O) groups excluding carboxylic acids is 2. The molecule has 0 bridgehead atoms. The zero-order valence-electron chi connectivity index (χ0n) is 47.6. The van der Waals surface area contributed by atoms with Crippen molar-refractivity contribution >= 4 is 17.8 Å². The van der Waals surface area contributed by atoms with Gasteiger partial charge in [-0.25, -0.2) is 4.79 Å². The zero-order chi connectivity index (χ0) is 57.9. The topological polar surface area (TPSA) is 355 Å². The van der Waals surface area contributed by atoms with E-state index in [9.17, 15) is 75.7 Å². The average molecular weight is 1130 g/mol. The van der Waals surface area contributed by atoms with Crippen molar-refractivity contribution in [2.45, 2.75) is 311 Å². The van der Waals surface area contributed by atoms with Crippen LogP contribution in [0.1, 0.15) is 220 Å². The quantitative estimate of drug-likeness (QED) is 0.0384. The van der Waals surface area contributed by atoms with Gasteiger partial charge in [-0.1, -0.05) is 201 Å². The largest absolute Gasteiger partial charge is 0.477 e. The van der Waals surface area contributed by atoms with E-state index >= 15 is 0 Å². The van der Waals surface area contributed by atoms with E-state index in [0.717, 1.165) is 57.8 Å². The Kier molecular flexibility index (Phi) is 38.5. The molecule has 15 atom stereocenters. The molecule has 0 radical (unpaired) electrons. The van der Waals surface area contributed by atoms with Gasteiger partial charge in [0, 0.05) is 6.42 Å². The van der Waals surface area contributed by atoms with Crippen LogP contribution < -0.4 is 10.6 Å². The minimum Gasteiger partial charge on any atom is -0.477 e. The number of nitrogens with one attached hydrogen (secondary N) is 2. The van der Waals surface area contributed by atoms with Crippen molar-refractivity contribution in [1.82, 2.24) is 10.6 Å². The molecule has 2 aliphatic heterocycles. The van der Waals surface area contributed by atoms with Crippen molar-refractivity contribution in [1.29, 1.82) is 0 Å². The number of carboxylic acids is 1. The smallest absolute Gasteiger partial charge is 0.364 e. The number of hydrogen-bond donors (Lipinski definition) is 14. The minimum absolute atomic E-state index is 0.142. The van der Waals surface area contributed by atoms with E-state index in [1.165, 1.54) is 109 Å². The van der Waals surface area contributed by atoms with Gasteiger partial charge in [-0.15, -0.1) is 0 Å². The fourth-order valence-corrected chi connectivity index (χ4v) is 10.3. The summed E-state index contributed by atoms with van der Waals surface area (Å²) >= 11 is 0. The van der Waals surface area contributed by atoms with E-state index in [4.69, 9.17) is 18.9 Å². The van der Waals surface area contributed by atoms with Crippen molar-refractivity contribution in [3.8, 4) is 0 Å². The molecule has 2 heterocycles. The summed E-state index contributed by atoms with van der Waals surface area (Å²) in [6, 6.07) is -3.03. The Morgan fingerprint density at radius 2 is 1.10 bits per heavy atom. The molecule has 21 heteroatoms. The Balaban J connectivity index is 2.04. The molecule has 2 rings (SSSR count). The van der Waals surface area contributed by atoms with Gasteiger partial charge in [0.15, 0.2) is 6.29 Å². The Bertz CT molecular complexity index is 1550.